The third-order valence-electron chi connectivity index (χ3n) is 3.71. The molecular weight excluding hydrogens is 230 g/mol. The Balaban J connectivity index is 1.94. The summed E-state index contributed by atoms with van der Waals surface area (Å²) in [6, 6.07) is 8.92. The molecule has 0 saturated heterocycles. The van der Waals surface area contributed by atoms with E-state index in [0.29, 0.717) is 6.04 Å². The molecular formula is C15H22ClN. The zero-order valence-electron chi connectivity index (χ0n) is 10.7. The Morgan fingerprint density at radius 1 is 1.35 bits per heavy atom. The number of hydrogen-bond donors (Lipinski definition) is 1. The van der Waals surface area contributed by atoms with Gasteiger partial charge in [0.1, 0.15) is 0 Å². The van der Waals surface area contributed by atoms with Crippen molar-refractivity contribution in [3.05, 3.63) is 34.9 Å². The van der Waals surface area contributed by atoms with E-state index in [1.165, 1.54) is 18.4 Å². The zero-order chi connectivity index (χ0) is 12.3. The highest BCUT2D eigenvalue weighted by atomic mass is 35.5. The van der Waals surface area contributed by atoms with Gasteiger partial charge in [-0.2, -0.15) is 0 Å². The van der Waals surface area contributed by atoms with Gasteiger partial charge in [-0.05, 0) is 55.3 Å². The fraction of sp³-hybridized carbons (Fsp3) is 0.600. The molecule has 2 rings (SSSR count). The molecule has 0 spiro atoms. The van der Waals surface area contributed by atoms with Gasteiger partial charge >= 0.3 is 0 Å². The number of hydrogen-bond acceptors (Lipinski definition) is 1. The smallest absolute Gasteiger partial charge is 0.0406 e. The Morgan fingerprint density at radius 3 is 2.53 bits per heavy atom. The SMILES string of the molecule is CCCNC(Cc1ccc(Cl)cc1)C1CC1C. The predicted molar refractivity (Wildman–Crippen MR) is 74.5 cm³/mol. The van der Waals surface area contributed by atoms with Crippen LogP contribution in [0, 0.1) is 11.8 Å². The fourth-order valence-corrected chi connectivity index (χ4v) is 2.62. The lowest BCUT2D eigenvalue weighted by Gasteiger charge is -2.18. The number of rotatable bonds is 6. The van der Waals surface area contributed by atoms with Crippen molar-refractivity contribution in [1.82, 2.24) is 5.32 Å². The minimum atomic E-state index is 0.645. The third kappa shape index (κ3) is 3.72. The van der Waals surface area contributed by atoms with E-state index in [2.05, 4.69) is 31.3 Å². The van der Waals surface area contributed by atoms with E-state index in [4.69, 9.17) is 11.6 Å². The molecule has 2 heteroatoms. The van der Waals surface area contributed by atoms with Crippen molar-refractivity contribution in [2.45, 2.75) is 39.2 Å². The maximum Gasteiger partial charge on any atom is 0.0406 e. The van der Waals surface area contributed by atoms with Crippen LogP contribution in [-0.4, -0.2) is 12.6 Å². The normalized spacial score (nSPS) is 24.6. The van der Waals surface area contributed by atoms with Crippen LogP contribution in [0.25, 0.3) is 0 Å². The molecule has 17 heavy (non-hydrogen) atoms. The third-order valence-corrected chi connectivity index (χ3v) is 3.97. The minimum Gasteiger partial charge on any atom is -0.313 e. The number of benzene rings is 1. The molecule has 0 radical (unpaired) electrons. The Hall–Kier alpha value is -0.530. The monoisotopic (exact) mass is 251 g/mol. The molecule has 0 bridgehead atoms. The minimum absolute atomic E-state index is 0.645. The second-order valence-corrected chi connectivity index (χ2v) is 5.70. The van der Waals surface area contributed by atoms with Crippen molar-refractivity contribution in [2.24, 2.45) is 11.8 Å². The Morgan fingerprint density at radius 2 is 2.00 bits per heavy atom. The van der Waals surface area contributed by atoms with Crippen molar-refractivity contribution in [2.75, 3.05) is 6.54 Å². The van der Waals surface area contributed by atoms with E-state index in [1.807, 2.05) is 12.1 Å². The van der Waals surface area contributed by atoms with Crippen LogP contribution in [0.4, 0.5) is 0 Å². The van der Waals surface area contributed by atoms with Gasteiger partial charge in [0.2, 0.25) is 0 Å². The van der Waals surface area contributed by atoms with Crippen molar-refractivity contribution < 1.29 is 0 Å². The first-order valence-electron chi connectivity index (χ1n) is 6.68. The van der Waals surface area contributed by atoms with Crippen LogP contribution in [0.3, 0.4) is 0 Å². The Bertz CT molecular complexity index is 346. The molecule has 94 valence electrons. The molecule has 1 aromatic carbocycles. The van der Waals surface area contributed by atoms with Crippen LogP contribution in [0.2, 0.25) is 5.02 Å². The molecule has 0 aliphatic heterocycles. The summed E-state index contributed by atoms with van der Waals surface area (Å²) in [5.74, 6) is 1.77. The van der Waals surface area contributed by atoms with E-state index in [-0.39, 0.29) is 0 Å². The lowest BCUT2D eigenvalue weighted by atomic mass is 10.0. The first-order chi connectivity index (χ1) is 8.20. The summed E-state index contributed by atoms with van der Waals surface area (Å²) in [6.07, 6.45) is 3.72. The molecule has 0 heterocycles. The zero-order valence-corrected chi connectivity index (χ0v) is 11.5. The summed E-state index contributed by atoms with van der Waals surface area (Å²) in [4.78, 5) is 0. The highest BCUT2D eigenvalue weighted by Crippen LogP contribution is 2.41. The van der Waals surface area contributed by atoms with Crippen molar-refractivity contribution in [3.8, 4) is 0 Å². The van der Waals surface area contributed by atoms with E-state index >= 15 is 0 Å². The highest BCUT2D eigenvalue weighted by Gasteiger charge is 2.38. The number of nitrogens with one attached hydrogen (secondary N) is 1. The van der Waals surface area contributed by atoms with Crippen LogP contribution in [0.15, 0.2) is 24.3 Å². The van der Waals surface area contributed by atoms with Crippen LogP contribution >= 0.6 is 11.6 Å². The Labute approximate surface area is 110 Å². The van der Waals surface area contributed by atoms with E-state index in [9.17, 15) is 0 Å². The van der Waals surface area contributed by atoms with Gasteiger partial charge in [-0.3, -0.25) is 0 Å². The van der Waals surface area contributed by atoms with Crippen LogP contribution in [-0.2, 0) is 6.42 Å². The molecule has 1 aromatic rings. The summed E-state index contributed by atoms with van der Waals surface area (Å²) in [5, 5.41) is 4.52. The first kappa shape index (κ1) is 12.9. The van der Waals surface area contributed by atoms with Gasteiger partial charge in [0.25, 0.3) is 0 Å². The quantitative estimate of drug-likeness (QED) is 0.809. The maximum atomic E-state index is 5.91. The van der Waals surface area contributed by atoms with Gasteiger partial charge in [-0.1, -0.05) is 37.6 Å². The van der Waals surface area contributed by atoms with E-state index < -0.39 is 0 Å². The van der Waals surface area contributed by atoms with E-state index in [1.54, 1.807) is 0 Å². The summed E-state index contributed by atoms with van der Waals surface area (Å²) in [7, 11) is 0. The lowest BCUT2D eigenvalue weighted by molar-refractivity contribution is 0.443. The summed E-state index contributed by atoms with van der Waals surface area (Å²) in [5.41, 5.74) is 1.39. The molecule has 1 nitrogen and oxygen atoms in total. The Kier molecular flexibility index (Phi) is 4.47. The molecule has 3 unspecified atom stereocenters. The summed E-state index contributed by atoms with van der Waals surface area (Å²) in [6.45, 7) is 5.71. The van der Waals surface area contributed by atoms with Gasteiger partial charge in [0.15, 0.2) is 0 Å². The second-order valence-electron chi connectivity index (χ2n) is 5.27. The van der Waals surface area contributed by atoms with Gasteiger partial charge in [-0.25, -0.2) is 0 Å². The average Bonchev–Trinajstić information content (AvgIpc) is 3.04. The molecule has 1 saturated carbocycles. The summed E-state index contributed by atoms with van der Waals surface area (Å²) >= 11 is 5.91. The molecule has 0 aromatic heterocycles. The van der Waals surface area contributed by atoms with Crippen LogP contribution in [0.5, 0.6) is 0 Å². The molecule has 1 aliphatic rings. The lowest BCUT2D eigenvalue weighted by Crippen LogP contribution is -2.34. The second kappa shape index (κ2) is 5.88. The number of halogens is 1. The van der Waals surface area contributed by atoms with Crippen molar-refractivity contribution >= 4 is 11.6 Å². The fourth-order valence-electron chi connectivity index (χ4n) is 2.49. The van der Waals surface area contributed by atoms with E-state index in [0.717, 1.165) is 29.8 Å². The van der Waals surface area contributed by atoms with Gasteiger partial charge in [-0.15, -0.1) is 0 Å². The van der Waals surface area contributed by atoms with Gasteiger partial charge < -0.3 is 5.32 Å². The first-order valence-corrected chi connectivity index (χ1v) is 7.06. The van der Waals surface area contributed by atoms with Gasteiger partial charge in [0.05, 0.1) is 0 Å². The molecule has 1 fully saturated rings. The summed E-state index contributed by atoms with van der Waals surface area (Å²) < 4.78 is 0. The molecule has 1 N–H and O–H groups in total. The largest absolute Gasteiger partial charge is 0.313 e. The van der Waals surface area contributed by atoms with Gasteiger partial charge in [0, 0.05) is 11.1 Å². The van der Waals surface area contributed by atoms with Crippen LogP contribution in [0.1, 0.15) is 32.3 Å². The molecule has 3 atom stereocenters. The average molecular weight is 252 g/mol. The van der Waals surface area contributed by atoms with Crippen molar-refractivity contribution in [3.63, 3.8) is 0 Å². The highest BCUT2D eigenvalue weighted by molar-refractivity contribution is 6.30. The topological polar surface area (TPSA) is 12.0 Å². The molecule has 1 aliphatic carbocycles. The molecule has 0 amide bonds. The predicted octanol–water partition coefficient (Wildman–Crippen LogP) is 3.91. The maximum absolute atomic E-state index is 5.91. The van der Waals surface area contributed by atoms with Crippen molar-refractivity contribution in [1.29, 1.82) is 0 Å². The van der Waals surface area contributed by atoms with Crippen LogP contribution < -0.4 is 5.32 Å². The standard InChI is InChI=1S/C15H22ClN/c1-3-8-17-15(14-9-11(14)2)10-12-4-6-13(16)7-5-12/h4-7,11,14-15,17H,3,8-10H2,1-2H3.